The maximum atomic E-state index is 14.8. The van der Waals surface area contributed by atoms with Crippen molar-refractivity contribution in [2.45, 2.75) is 57.7 Å². The van der Waals surface area contributed by atoms with Crippen molar-refractivity contribution in [3.8, 4) is 5.88 Å². The molecule has 1 aliphatic carbocycles. The highest BCUT2D eigenvalue weighted by molar-refractivity contribution is 5.86. The first-order valence-electron chi connectivity index (χ1n) is 11.1. The smallest absolute Gasteiger partial charge is 0.410 e. The van der Waals surface area contributed by atoms with Crippen LogP contribution in [0.4, 0.5) is 23.8 Å². The molecule has 11 heteroatoms. The summed E-state index contributed by atoms with van der Waals surface area (Å²) >= 11 is 0. The molecule has 1 aromatic rings. The number of halogens is 3. The van der Waals surface area contributed by atoms with Gasteiger partial charge in [0, 0.05) is 31.7 Å². The number of likely N-dealkylation sites (tertiary alicyclic amines) is 1. The molecule has 2 amide bonds. The Labute approximate surface area is 190 Å². The summed E-state index contributed by atoms with van der Waals surface area (Å²) in [5.74, 6) is -5.17. The van der Waals surface area contributed by atoms with Gasteiger partial charge in [0.05, 0.1) is 18.9 Å². The van der Waals surface area contributed by atoms with Gasteiger partial charge >= 0.3 is 6.09 Å². The van der Waals surface area contributed by atoms with Gasteiger partial charge in [-0.3, -0.25) is 9.69 Å². The average Bonchev–Trinajstić information content (AvgIpc) is 3.19. The molecule has 4 rings (SSSR count). The van der Waals surface area contributed by atoms with Crippen molar-refractivity contribution in [2.75, 3.05) is 31.6 Å². The van der Waals surface area contributed by atoms with E-state index in [4.69, 9.17) is 9.47 Å². The van der Waals surface area contributed by atoms with E-state index in [1.54, 1.807) is 20.8 Å². The zero-order chi connectivity index (χ0) is 24.1. The third-order valence-corrected chi connectivity index (χ3v) is 6.33. The van der Waals surface area contributed by atoms with E-state index in [-0.39, 0.29) is 37.2 Å². The minimum atomic E-state index is -2.67. The Morgan fingerprint density at radius 1 is 1.27 bits per heavy atom. The largest absolute Gasteiger partial charge is 0.481 e. The first kappa shape index (κ1) is 23.4. The van der Waals surface area contributed by atoms with E-state index >= 15 is 0 Å². The topological polar surface area (TPSA) is 84.0 Å². The lowest BCUT2D eigenvalue weighted by Crippen LogP contribution is -2.47. The predicted octanol–water partition coefficient (Wildman–Crippen LogP) is 2.95. The van der Waals surface area contributed by atoms with Gasteiger partial charge in [-0.2, -0.15) is 4.98 Å². The van der Waals surface area contributed by atoms with Gasteiger partial charge in [-0.1, -0.05) is 0 Å². The lowest BCUT2D eigenvalue weighted by atomic mass is 10.2. The van der Waals surface area contributed by atoms with Crippen LogP contribution in [-0.4, -0.2) is 66.2 Å². The van der Waals surface area contributed by atoms with E-state index in [1.165, 1.54) is 23.0 Å². The van der Waals surface area contributed by atoms with E-state index in [0.717, 1.165) is 0 Å². The number of hydrogen-bond donors (Lipinski definition) is 1. The van der Waals surface area contributed by atoms with Crippen molar-refractivity contribution < 1.29 is 32.2 Å². The highest BCUT2D eigenvalue weighted by Gasteiger charge is 2.72. The fourth-order valence-electron chi connectivity index (χ4n) is 4.59. The van der Waals surface area contributed by atoms with Gasteiger partial charge in [-0.25, -0.2) is 18.0 Å². The molecule has 0 radical (unpaired) electrons. The molecule has 0 spiro atoms. The molecular formula is C22H29F3N4O4. The summed E-state index contributed by atoms with van der Waals surface area (Å²) in [6.07, 6.45) is 0.613. The Morgan fingerprint density at radius 3 is 2.55 bits per heavy atom. The van der Waals surface area contributed by atoms with Gasteiger partial charge in [-0.15, -0.1) is 0 Å². The van der Waals surface area contributed by atoms with Crippen LogP contribution in [0.15, 0.2) is 6.07 Å². The number of hydrogen-bond acceptors (Lipinski definition) is 6. The number of alkyl halides is 2. The summed E-state index contributed by atoms with van der Waals surface area (Å²) < 4.78 is 52.3. The lowest BCUT2D eigenvalue weighted by Gasteiger charge is -2.28. The number of aromatic nitrogens is 1. The Morgan fingerprint density at radius 2 is 1.94 bits per heavy atom. The van der Waals surface area contributed by atoms with E-state index in [2.05, 4.69) is 10.3 Å². The molecule has 1 aromatic heterocycles. The maximum Gasteiger partial charge on any atom is 0.410 e. The molecule has 2 saturated heterocycles. The van der Waals surface area contributed by atoms with Gasteiger partial charge in [0.2, 0.25) is 11.8 Å². The average molecular weight is 470 g/mol. The van der Waals surface area contributed by atoms with Crippen molar-refractivity contribution in [2.24, 2.45) is 11.8 Å². The zero-order valence-corrected chi connectivity index (χ0v) is 19.2. The SMILES string of the molecule is COc1nc(N2CC3C(C2)C3(F)F)c(F)cc1CNC(=O)[C@@H]1CCCN1C(=O)OC(C)(C)C. The molecule has 0 bridgehead atoms. The van der Waals surface area contributed by atoms with Crippen LogP contribution in [-0.2, 0) is 16.1 Å². The molecule has 3 fully saturated rings. The molecule has 8 nitrogen and oxygen atoms in total. The minimum Gasteiger partial charge on any atom is -0.481 e. The van der Waals surface area contributed by atoms with Crippen LogP contribution >= 0.6 is 0 Å². The standard InChI is InChI=1S/C22H29F3N4O4/c1-21(2,3)33-20(31)29-7-5-6-16(29)18(30)26-9-12-8-15(23)17(27-19(12)32-4)28-10-13-14(11-28)22(13,24)25/h8,13-14,16H,5-7,9-11H2,1-4H3,(H,26,30)/t13?,14?,16-/m0/s1. The molecule has 3 heterocycles. The van der Waals surface area contributed by atoms with Crippen LogP contribution in [0.3, 0.4) is 0 Å². The molecule has 182 valence electrons. The van der Waals surface area contributed by atoms with Crippen molar-refractivity contribution in [3.63, 3.8) is 0 Å². The summed E-state index contributed by atoms with van der Waals surface area (Å²) in [6.45, 7) is 5.71. The van der Waals surface area contributed by atoms with Crippen LogP contribution < -0.4 is 15.0 Å². The molecular weight excluding hydrogens is 441 g/mol. The number of methoxy groups -OCH3 is 1. The van der Waals surface area contributed by atoms with Crippen LogP contribution in [0, 0.1) is 17.7 Å². The van der Waals surface area contributed by atoms with Gasteiger partial charge in [0.1, 0.15) is 11.6 Å². The third-order valence-electron chi connectivity index (χ3n) is 6.33. The fraction of sp³-hybridized carbons (Fsp3) is 0.682. The summed E-state index contributed by atoms with van der Waals surface area (Å²) in [4.78, 5) is 32.3. The molecule has 33 heavy (non-hydrogen) atoms. The van der Waals surface area contributed by atoms with Crippen molar-refractivity contribution in [1.82, 2.24) is 15.2 Å². The molecule has 1 saturated carbocycles. The lowest BCUT2D eigenvalue weighted by molar-refractivity contribution is -0.125. The number of ether oxygens (including phenoxy) is 2. The number of fused-ring (bicyclic) bond motifs is 1. The second-order valence-corrected chi connectivity index (χ2v) is 9.80. The van der Waals surface area contributed by atoms with E-state index in [9.17, 15) is 22.8 Å². The van der Waals surface area contributed by atoms with E-state index in [0.29, 0.717) is 24.9 Å². The number of pyridine rings is 1. The van der Waals surface area contributed by atoms with Crippen molar-refractivity contribution in [1.29, 1.82) is 0 Å². The highest BCUT2D eigenvalue weighted by atomic mass is 19.3. The van der Waals surface area contributed by atoms with Gasteiger partial charge in [0.15, 0.2) is 11.6 Å². The highest BCUT2D eigenvalue weighted by Crippen LogP contribution is 2.59. The van der Waals surface area contributed by atoms with Crippen LogP contribution in [0.5, 0.6) is 5.88 Å². The summed E-state index contributed by atoms with van der Waals surface area (Å²) in [5, 5.41) is 2.72. The molecule has 3 atom stereocenters. The predicted molar refractivity (Wildman–Crippen MR) is 113 cm³/mol. The number of rotatable bonds is 5. The van der Waals surface area contributed by atoms with Crippen LogP contribution in [0.1, 0.15) is 39.2 Å². The molecule has 1 N–H and O–H groups in total. The minimum absolute atomic E-state index is 0.0307. The molecule has 2 aliphatic heterocycles. The quantitative estimate of drug-likeness (QED) is 0.713. The Bertz CT molecular complexity index is 938. The van der Waals surface area contributed by atoms with Crippen molar-refractivity contribution >= 4 is 17.8 Å². The van der Waals surface area contributed by atoms with Gasteiger partial charge in [0.25, 0.3) is 5.92 Å². The normalized spacial score (nSPS) is 25.6. The molecule has 3 aliphatic rings. The number of anilines is 1. The number of carbonyl (C=O) groups is 2. The number of piperidine rings is 1. The van der Waals surface area contributed by atoms with E-state index in [1.807, 2.05) is 0 Å². The maximum absolute atomic E-state index is 14.8. The Hall–Kier alpha value is -2.72. The Balaban J connectivity index is 1.40. The monoisotopic (exact) mass is 470 g/mol. The van der Waals surface area contributed by atoms with Crippen molar-refractivity contribution in [3.05, 3.63) is 17.4 Å². The fourth-order valence-corrected chi connectivity index (χ4v) is 4.59. The second kappa shape index (κ2) is 8.25. The summed E-state index contributed by atoms with van der Waals surface area (Å²) in [5.41, 5.74) is -0.367. The number of carbonyl (C=O) groups excluding carboxylic acids is 2. The zero-order valence-electron chi connectivity index (χ0n) is 19.2. The molecule has 2 unspecified atom stereocenters. The van der Waals surface area contributed by atoms with Crippen LogP contribution in [0.2, 0.25) is 0 Å². The summed E-state index contributed by atoms with van der Waals surface area (Å²) in [6, 6.07) is 0.519. The van der Waals surface area contributed by atoms with Gasteiger partial charge < -0.3 is 19.7 Å². The van der Waals surface area contributed by atoms with Crippen LogP contribution in [0.25, 0.3) is 0 Å². The first-order valence-corrected chi connectivity index (χ1v) is 11.1. The number of nitrogens with zero attached hydrogens (tertiary/aromatic N) is 3. The number of nitrogens with one attached hydrogen (secondary N) is 1. The third kappa shape index (κ3) is 4.54. The Kier molecular flexibility index (Phi) is 5.86. The first-order chi connectivity index (χ1) is 15.4. The number of amides is 2. The second-order valence-electron chi connectivity index (χ2n) is 9.80. The van der Waals surface area contributed by atoms with Gasteiger partial charge in [-0.05, 0) is 39.7 Å². The molecule has 0 aromatic carbocycles. The summed E-state index contributed by atoms with van der Waals surface area (Å²) in [7, 11) is 1.37. The van der Waals surface area contributed by atoms with E-state index < -0.39 is 41.3 Å².